The second-order valence-corrected chi connectivity index (χ2v) is 3.18. The summed E-state index contributed by atoms with van der Waals surface area (Å²) in [7, 11) is 0. The molecule has 1 amide bonds. The molecule has 0 aliphatic rings. The molecular formula is C11H12FNO3. The third-order valence-electron chi connectivity index (χ3n) is 2.04. The van der Waals surface area contributed by atoms with Crippen LogP contribution in [0.5, 0.6) is 0 Å². The number of anilines is 1. The van der Waals surface area contributed by atoms with Crippen LogP contribution in [0.1, 0.15) is 13.3 Å². The first kappa shape index (κ1) is 12.2. The minimum absolute atomic E-state index is 0.00301. The molecule has 0 unspecified atom stereocenters. The molecule has 0 atom stereocenters. The van der Waals surface area contributed by atoms with Gasteiger partial charge in [-0.05, 0) is 12.1 Å². The molecule has 0 heterocycles. The Hall–Kier alpha value is -1.91. The number of benzene rings is 1. The van der Waals surface area contributed by atoms with Crippen molar-refractivity contribution < 1.29 is 19.1 Å². The van der Waals surface area contributed by atoms with E-state index in [9.17, 15) is 14.0 Å². The number of amides is 1. The SMILES string of the molecule is CCC(=O)N(CC(=O)O)c1ccccc1F. The molecule has 0 saturated heterocycles. The average molecular weight is 225 g/mol. The van der Waals surface area contributed by atoms with Crippen LogP contribution >= 0.6 is 0 Å². The first-order valence-corrected chi connectivity index (χ1v) is 4.83. The van der Waals surface area contributed by atoms with Crippen LogP contribution in [0.25, 0.3) is 0 Å². The Morgan fingerprint density at radius 3 is 2.50 bits per heavy atom. The Morgan fingerprint density at radius 2 is 2.00 bits per heavy atom. The molecule has 86 valence electrons. The van der Waals surface area contributed by atoms with Crippen molar-refractivity contribution in [2.75, 3.05) is 11.4 Å². The predicted molar refractivity (Wildman–Crippen MR) is 56.7 cm³/mol. The number of hydrogen-bond acceptors (Lipinski definition) is 2. The maximum atomic E-state index is 13.4. The second kappa shape index (κ2) is 5.25. The van der Waals surface area contributed by atoms with Gasteiger partial charge in [0.15, 0.2) is 0 Å². The van der Waals surface area contributed by atoms with Gasteiger partial charge in [0.25, 0.3) is 0 Å². The molecule has 0 fully saturated rings. The summed E-state index contributed by atoms with van der Waals surface area (Å²) in [4.78, 5) is 23.0. The minimum Gasteiger partial charge on any atom is -0.480 e. The summed E-state index contributed by atoms with van der Waals surface area (Å²) >= 11 is 0. The number of carbonyl (C=O) groups excluding carboxylic acids is 1. The van der Waals surface area contributed by atoms with Gasteiger partial charge in [-0.2, -0.15) is 0 Å². The lowest BCUT2D eigenvalue weighted by Gasteiger charge is -2.20. The van der Waals surface area contributed by atoms with Crippen molar-refractivity contribution in [3.05, 3.63) is 30.1 Å². The van der Waals surface area contributed by atoms with E-state index in [2.05, 4.69) is 0 Å². The van der Waals surface area contributed by atoms with E-state index < -0.39 is 24.2 Å². The first-order valence-electron chi connectivity index (χ1n) is 4.83. The highest BCUT2D eigenvalue weighted by Gasteiger charge is 2.19. The van der Waals surface area contributed by atoms with Crippen LogP contribution in [0.2, 0.25) is 0 Å². The zero-order valence-electron chi connectivity index (χ0n) is 8.81. The predicted octanol–water partition coefficient (Wildman–Crippen LogP) is 1.65. The van der Waals surface area contributed by atoms with Crippen molar-refractivity contribution in [3.8, 4) is 0 Å². The van der Waals surface area contributed by atoms with E-state index in [1.165, 1.54) is 18.2 Å². The number of aliphatic carboxylic acids is 1. The van der Waals surface area contributed by atoms with Crippen LogP contribution in [-0.4, -0.2) is 23.5 Å². The van der Waals surface area contributed by atoms with Crippen LogP contribution in [0.15, 0.2) is 24.3 Å². The highest BCUT2D eigenvalue weighted by atomic mass is 19.1. The zero-order chi connectivity index (χ0) is 12.1. The van der Waals surface area contributed by atoms with Gasteiger partial charge in [-0.25, -0.2) is 4.39 Å². The summed E-state index contributed by atoms with van der Waals surface area (Å²) in [5.74, 6) is -2.21. The number of carbonyl (C=O) groups is 2. The topological polar surface area (TPSA) is 57.6 Å². The monoisotopic (exact) mass is 225 g/mol. The van der Waals surface area contributed by atoms with Crippen molar-refractivity contribution >= 4 is 17.6 Å². The number of carboxylic acid groups (broad SMARTS) is 1. The minimum atomic E-state index is -1.18. The molecule has 0 spiro atoms. The highest BCUT2D eigenvalue weighted by Crippen LogP contribution is 2.19. The van der Waals surface area contributed by atoms with Crippen molar-refractivity contribution in [1.29, 1.82) is 0 Å². The van der Waals surface area contributed by atoms with E-state index >= 15 is 0 Å². The van der Waals surface area contributed by atoms with Crippen molar-refractivity contribution in [3.63, 3.8) is 0 Å². The molecule has 1 aromatic carbocycles. The fourth-order valence-corrected chi connectivity index (χ4v) is 1.30. The first-order chi connectivity index (χ1) is 7.56. The standard InChI is InChI=1S/C11H12FNO3/c1-2-10(14)13(7-11(15)16)9-6-4-3-5-8(9)12/h3-6H,2,7H2,1H3,(H,15,16). The van der Waals surface area contributed by atoms with E-state index in [0.717, 1.165) is 4.90 Å². The molecule has 0 aliphatic heterocycles. The average Bonchev–Trinajstić information content (AvgIpc) is 2.26. The van der Waals surface area contributed by atoms with Crippen LogP contribution in [-0.2, 0) is 9.59 Å². The highest BCUT2D eigenvalue weighted by molar-refractivity contribution is 5.97. The van der Waals surface area contributed by atoms with Gasteiger partial charge in [-0.3, -0.25) is 14.5 Å². The summed E-state index contributed by atoms with van der Waals surface area (Å²) < 4.78 is 13.4. The number of carboxylic acids is 1. The number of para-hydroxylation sites is 1. The van der Waals surface area contributed by atoms with E-state index in [-0.39, 0.29) is 12.1 Å². The van der Waals surface area contributed by atoms with Gasteiger partial charge in [-0.1, -0.05) is 19.1 Å². The molecule has 5 heteroatoms. The molecular weight excluding hydrogens is 213 g/mol. The molecule has 0 aromatic heterocycles. The van der Waals surface area contributed by atoms with Gasteiger partial charge in [0.2, 0.25) is 5.91 Å². The number of nitrogens with zero attached hydrogens (tertiary/aromatic N) is 1. The van der Waals surface area contributed by atoms with Crippen molar-refractivity contribution in [2.45, 2.75) is 13.3 Å². The fourth-order valence-electron chi connectivity index (χ4n) is 1.30. The number of halogens is 1. The zero-order valence-corrected chi connectivity index (χ0v) is 8.81. The van der Waals surface area contributed by atoms with Crippen molar-refractivity contribution in [2.24, 2.45) is 0 Å². The number of hydrogen-bond donors (Lipinski definition) is 1. The quantitative estimate of drug-likeness (QED) is 0.847. The van der Waals surface area contributed by atoms with Gasteiger partial charge in [0, 0.05) is 6.42 Å². The molecule has 4 nitrogen and oxygen atoms in total. The lowest BCUT2D eigenvalue weighted by molar-refractivity contribution is -0.136. The molecule has 0 bridgehead atoms. The summed E-state index contributed by atoms with van der Waals surface area (Å²) in [5, 5.41) is 8.66. The summed E-state index contributed by atoms with van der Waals surface area (Å²) in [6.07, 6.45) is 0.127. The van der Waals surface area contributed by atoms with Crippen LogP contribution in [0.4, 0.5) is 10.1 Å². The molecule has 1 N–H and O–H groups in total. The summed E-state index contributed by atoms with van der Waals surface area (Å²) in [5.41, 5.74) is -0.00301. The van der Waals surface area contributed by atoms with Crippen LogP contribution < -0.4 is 4.90 Å². The molecule has 0 radical (unpaired) electrons. The Morgan fingerprint density at radius 1 is 1.38 bits per heavy atom. The Bertz CT molecular complexity index is 406. The summed E-state index contributed by atoms with van der Waals surface area (Å²) in [6.45, 7) is 1.06. The van der Waals surface area contributed by atoms with E-state index in [4.69, 9.17) is 5.11 Å². The van der Waals surface area contributed by atoms with Gasteiger partial charge in [0.05, 0.1) is 5.69 Å². The fraction of sp³-hybridized carbons (Fsp3) is 0.273. The second-order valence-electron chi connectivity index (χ2n) is 3.18. The Balaban J connectivity index is 3.06. The molecule has 0 aliphatic carbocycles. The third-order valence-corrected chi connectivity index (χ3v) is 2.04. The molecule has 1 aromatic rings. The number of rotatable bonds is 4. The Kier molecular flexibility index (Phi) is 3.99. The van der Waals surface area contributed by atoms with Gasteiger partial charge in [-0.15, -0.1) is 0 Å². The van der Waals surface area contributed by atoms with E-state index in [1.807, 2.05) is 0 Å². The largest absolute Gasteiger partial charge is 0.480 e. The van der Waals surface area contributed by atoms with Gasteiger partial charge < -0.3 is 5.11 Å². The van der Waals surface area contributed by atoms with Crippen LogP contribution in [0, 0.1) is 5.82 Å². The summed E-state index contributed by atoms with van der Waals surface area (Å²) in [6, 6.07) is 5.60. The third kappa shape index (κ3) is 2.79. The van der Waals surface area contributed by atoms with Gasteiger partial charge >= 0.3 is 5.97 Å². The van der Waals surface area contributed by atoms with E-state index in [0.29, 0.717) is 0 Å². The lowest BCUT2D eigenvalue weighted by Crippen LogP contribution is -2.35. The maximum Gasteiger partial charge on any atom is 0.323 e. The Labute approximate surface area is 92.3 Å². The molecule has 0 saturated carbocycles. The maximum absolute atomic E-state index is 13.4. The molecule has 1 rings (SSSR count). The normalized spacial score (nSPS) is 9.88. The van der Waals surface area contributed by atoms with Crippen molar-refractivity contribution in [1.82, 2.24) is 0 Å². The molecule has 16 heavy (non-hydrogen) atoms. The lowest BCUT2D eigenvalue weighted by atomic mass is 10.2. The van der Waals surface area contributed by atoms with E-state index in [1.54, 1.807) is 13.0 Å². The van der Waals surface area contributed by atoms with Gasteiger partial charge in [0.1, 0.15) is 12.4 Å². The van der Waals surface area contributed by atoms with Crippen LogP contribution in [0.3, 0.4) is 0 Å². The smallest absolute Gasteiger partial charge is 0.323 e.